The minimum absolute atomic E-state index is 0.187. The Bertz CT molecular complexity index is 681. The molecule has 25 heavy (non-hydrogen) atoms. The zero-order chi connectivity index (χ0) is 17.6. The van der Waals surface area contributed by atoms with Crippen molar-refractivity contribution in [1.29, 1.82) is 0 Å². The second-order valence-corrected chi connectivity index (χ2v) is 7.07. The third kappa shape index (κ3) is 4.95. The van der Waals surface area contributed by atoms with Crippen molar-refractivity contribution in [3.8, 4) is 5.75 Å². The van der Waals surface area contributed by atoms with Crippen molar-refractivity contribution in [3.05, 3.63) is 64.7 Å². The molecule has 1 unspecified atom stereocenters. The van der Waals surface area contributed by atoms with E-state index in [9.17, 15) is 10.2 Å². The van der Waals surface area contributed by atoms with E-state index in [1.807, 2.05) is 12.1 Å². The minimum Gasteiger partial charge on any atom is -0.508 e. The Labute approximate surface area is 154 Å². The Hall–Kier alpha value is -1.59. The van der Waals surface area contributed by atoms with E-state index in [1.54, 1.807) is 12.1 Å². The van der Waals surface area contributed by atoms with Gasteiger partial charge in [-0.15, -0.1) is 0 Å². The Morgan fingerprint density at radius 3 is 2.60 bits per heavy atom. The summed E-state index contributed by atoms with van der Waals surface area (Å²) in [6.07, 6.45) is 0.755. The van der Waals surface area contributed by atoms with Gasteiger partial charge in [-0.2, -0.15) is 0 Å². The first-order valence-electron chi connectivity index (χ1n) is 8.74. The molecule has 0 amide bonds. The third-order valence-corrected chi connectivity index (χ3v) is 5.05. The van der Waals surface area contributed by atoms with E-state index in [-0.39, 0.29) is 12.4 Å². The normalized spacial score (nSPS) is 19.2. The number of hydrogen-bond acceptors (Lipinski definition) is 4. The summed E-state index contributed by atoms with van der Waals surface area (Å²) < 4.78 is 0. The Morgan fingerprint density at radius 2 is 1.84 bits per heavy atom. The van der Waals surface area contributed by atoms with Gasteiger partial charge in [-0.25, -0.2) is 0 Å². The van der Waals surface area contributed by atoms with Crippen LogP contribution in [0.5, 0.6) is 5.75 Å². The van der Waals surface area contributed by atoms with Crippen LogP contribution in [-0.2, 0) is 13.1 Å². The Balaban J connectivity index is 1.65. The van der Waals surface area contributed by atoms with Crippen LogP contribution < -0.4 is 0 Å². The second kappa shape index (κ2) is 8.68. The molecule has 1 aliphatic heterocycles. The molecule has 1 heterocycles. The van der Waals surface area contributed by atoms with Crippen molar-refractivity contribution in [3.63, 3.8) is 0 Å². The van der Waals surface area contributed by atoms with E-state index in [0.29, 0.717) is 17.6 Å². The van der Waals surface area contributed by atoms with E-state index >= 15 is 0 Å². The van der Waals surface area contributed by atoms with Gasteiger partial charge in [-0.1, -0.05) is 41.9 Å². The van der Waals surface area contributed by atoms with E-state index in [0.717, 1.165) is 38.2 Å². The zero-order valence-electron chi connectivity index (χ0n) is 14.3. The smallest absolute Gasteiger partial charge is 0.120 e. The average molecular weight is 361 g/mol. The molecule has 2 aromatic carbocycles. The molecule has 4 nitrogen and oxygen atoms in total. The lowest BCUT2D eigenvalue weighted by Crippen LogP contribution is -2.52. The fraction of sp³-hybridized carbons (Fsp3) is 0.400. The van der Waals surface area contributed by atoms with Gasteiger partial charge in [0.25, 0.3) is 0 Å². The predicted molar refractivity (Wildman–Crippen MR) is 101 cm³/mol. The SMILES string of the molecule is OCCC1CN(Cc2cc(Cl)ccc2O)CCN1Cc1ccccc1. The first-order chi connectivity index (χ1) is 12.2. The molecule has 1 aliphatic rings. The minimum atomic E-state index is 0.187. The molecule has 1 atom stereocenters. The summed E-state index contributed by atoms with van der Waals surface area (Å²) in [5.74, 6) is 0.287. The van der Waals surface area contributed by atoms with Gasteiger partial charge >= 0.3 is 0 Å². The summed E-state index contributed by atoms with van der Waals surface area (Å²) in [4.78, 5) is 4.77. The number of phenols is 1. The topological polar surface area (TPSA) is 46.9 Å². The summed E-state index contributed by atoms with van der Waals surface area (Å²) in [5, 5.41) is 20.1. The van der Waals surface area contributed by atoms with Gasteiger partial charge in [0.15, 0.2) is 0 Å². The first kappa shape index (κ1) is 18.2. The van der Waals surface area contributed by atoms with Crippen molar-refractivity contribution < 1.29 is 10.2 Å². The molecule has 1 fully saturated rings. The molecule has 2 N–H and O–H groups in total. The highest BCUT2D eigenvalue weighted by molar-refractivity contribution is 6.30. The number of piperazine rings is 1. The van der Waals surface area contributed by atoms with Crippen molar-refractivity contribution in [2.24, 2.45) is 0 Å². The van der Waals surface area contributed by atoms with Gasteiger partial charge in [0.1, 0.15) is 5.75 Å². The molecular formula is C20H25ClN2O2. The first-order valence-corrected chi connectivity index (χ1v) is 9.12. The van der Waals surface area contributed by atoms with E-state index < -0.39 is 0 Å². The van der Waals surface area contributed by atoms with Crippen LogP contribution in [0, 0.1) is 0 Å². The van der Waals surface area contributed by atoms with Gasteiger partial charge in [0, 0.05) is 56.0 Å². The highest BCUT2D eigenvalue weighted by Gasteiger charge is 2.27. The van der Waals surface area contributed by atoms with E-state index in [4.69, 9.17) is 11.6 Å². The van der Waals surface area contributed by atoms with Crippen LogP contribution in [0.15, 0.2) is 48.5 Å². The maximum absolute atomic E-state index is 10.0. The van der Waals surface area contributed by atoms with E-state index in [2.05, 4.69) is 34.1 Å². The standard InChI is InChI=1S/C20H25ClN2O2/c21-18-6-7-20(25)17(12-18)14-22-9-10-23(19(15-22)8-11-24)13-16-4-2-1-3-5-16/h1-7,12,19,24-25H,8-11,13-15H2. The van der Waals surface area contributed by atoms with Crippen LogP contribution in [0.2, 0.25) is 5.02 Å². The van der Waals surface area contributed by atoms with Crippen molar-refractivity contribution in [2.45, 2.75) is 25.6 Å². The molecule has 0 saturated carbocycles. The van der Waals surface area contributed by atoms with Crippen LogP contribution in [0.3, 0.4) is 0 Å². The summed E-state index contributed by atoms with van der Waals surface area (Å²) in [6.45, 7) is 4.52. The Kier molecular flexibility index (Phi) is 6.32. The van der Waals surface area contributed by atoms with Gasteiger partial charge in [-0.05, 0) is 30.2 Å². The highest BCUT2D eigenvalue weighted by Crippen LogP contribution is 2.25. The maximum Gasteiger partial charge on any atom is 0.120 e. The van der Waals surface area contributed by atoms with Gasteiger partial charge in [-0.3, -0.25) is 9.80 Å². The number of aliphatic hydroxyl groups is 1. The number of nitrogens with zero attached hydrogens (tertiary/aromatic N) is 2. The largest absolute Gasteiger partial charge is 0.508 e. The molecule has 0 aliphatic carbocycles. The molecule has 5 heteroatoms. The summed E-state index contributed by atoms with van der Waals surface area (Å²) in [5.41, 5.74) is 2.15. The predicted octanol–water partition coefficient (Wildman–Crippen LogP) is 3.11. The van der Waals surface area contributed by atoms with Crippen LogP contribution in [0.4, 0.5) is 0 Å². The molecule has 0 bridgehead atoms. The number of halogens is 1. The average Bonchev–Trinajstić information content (AvgIpc) is 2.61. The lowest BCUT2D eigenvalue weighted by Gasteiger charge is -2.41. The number of rotatable bonds is 6. The van der Waals surface area contributed by atoms with Crippen molar-refractivity contribution in [1.82, 2.24) is 9.80 Å². The molecule has 1 saturated heterocycles. The number of hydrogen-bond donors (Lipinski definition) is 2. The number of aromatic hydroxyl groups is 1. The lowest BCUT2D eigenvalue weighted by molar-refractivity contribution is 0.0496. The van der Waals surface area contributed by atoms with Gasteiger partial charge in [0.05, 0.1) is 0 Å². The molecule has 134 valence electrons. The van der Waals surface area contributed by atoms with Gasteiger partial charge < -0.3 is 10.2 Å². The number of benzene rings is 2. The zero-order valence-corrected chi connectivity index (χ0v) is 15.1. The van der Waals surface area contributed by atoms with Crippen LogP contribution in [-0.4, -0.2) is 52.3 Å². The second-order valence-electron chi connectivity index (χ2n) is 6.63. The van der Waals surface area contributed by atoms with Crippen LogP contribution in [0.25, 0.3) is 0 Å². The monoisotopic (exact) mass is 360 g/mol. The van der Waals surface area contributed by atoms with Crippen molar-refractivity contribution in [2.75, 3.05) is 26.2 Å². The number of aliphatic hydroxyl groups excluding tert-OH is 1. The van der Waals surface area contributed by atoms with Crippen LogP contribution >= 0.6 is 11.6 Å². The molecule has 0 radical (unpaired) electrons. The van der Waals surface area contributed by atoms with Crippen LogP contribution in [0.1, 0.15) is 17.5 Å². The van der Waals surface area contributed by atoms with Gasteiger partial charge in [0.2, 0.25) is 0 Å². The summed E-state index contributed by atoms with van der Waals surface area (Å²) in [6, 6.07) is 15.9. The molecular weight excluding hydrogens is 336 g/mol. The Morgan fingerprint density at radius 1 is 1.04 bits per heavy atom. The number of phenolic OH excluding ortho intramolecular Hbond substituents is 1. The summed E-state index contributed by atoms with van der Waals surface area (Å²) >= 11 is 6.06. The highest BCUT2D eigenvalue weighted by atomic mass is 35.5. The molecule has 3 rings (SSSR count). The third-order valence-electron chi connectivity index (χ3n) is 4.82. The fourth-order valence-corrected chi connectivity index (χ4v) is 3.67. The fourth-order valence-electron chi connectivity index (χ4n) is 3.47. The molecule has 0 spiro atoms. The van der Waals surface area contributed by atoms with E-state index in [1.165, 1.54) is 5.56 Å². The molecule has 2 aromatic rings. The lowest BCUT2D eigenvalue weighted by atomic mass is 10.1. The van der Waals surface area contributed by atoms with Crippen molar-refractivity contribution >= 4 is 11.6 Å². The molecule has 0 aromatic heterocycles. The quantitative estimate of drug-likeness (QED) is 0.831. The maximum atomic E-state index is 10.0. The summed E-state index contributed by atoms with van der Waals surface area (Å²) in [7, 11) is 0.